The van der Waals surface area contributed by atoms with Gasteiger partial charge >= 0.3 is 5.97 Å². The normalized spacial score (nSPS) is 12.2. The Bertz CT molecular complexity index is 637. The molecule has 0 bridgehead atoms. The summed E-state index contributed by atoms with van der Waals surface area (Å²) < 4.78 is 4.65. The smallest absolute Gasteiger partial charge is 0.310 e. The number of aromatic nitrogens is 3. The van der Waals surface area contributed by atoms with E-state index in [9.17, 15) is 9.59 Å². The second kappa shape index (κ2) is 5.68. The summed E-state index contributed by atoms with van der Waals surface area (Å²) in [5, 5.41) is 10.4. The molecule has 0 radical (unpaired) electrons. The molecule has 1 atom stereocenters. The number of hydrogen-bond acceptors (Lipinski definition) is 5. The van der Waals surface area contributed by atoms with Crippen molar-refractivity contribution in [2.75, 3.05) is 20.7 Å². The van der Waals surface area contributed by atoms with E-state index in [0.717, 1.165) is 0 Å². The molecular formula is C13H16N4O3. The van der Waals surface area contributed by atoms with E-state index in [0.29, 0.717) is 23.1 Å². The monoisotopic (exact) mass is 276 g/mol. The lowest BCUT2D eigenvalue weighted by Crippen LogP contribution is -2.34. The predicted octanol–water partition coefficient (Wildman–Crippen LogP) is 0.839. The maximum Gasteiger partial charge on any atom is 0.310 e. The lowest BCUT2D eigenvalue weighted by Gasteiger charge is -2.20. The first-order valence-electron chi connectivity index (χ1n) is 6.16. The summed E-state index contributed by atoms with van der Waals surface area (Å²) in [6.07, 6.45) is 0. The van der Waals surface area contributed by atoms with Crippen molar-refractivity contribution in [3.63, 3.8) is 0 Å². The number of benzene rings is 1. The van der Waals surface area contributed by atoms with Crippen molar-refractivity contribution in [1.82, 2.24) is 20.3 Å². The van der Waals surface area contributed by atoms with E-state index in [1.807, 2.05) is 0 Å². The summed E-state index contributed by atoms with van der Waals surface area (Å²) in [7, 11) is 2.98. The quantitative estimate of drug-likeness (QED) is 0.836. The molecule has 0 saturated carbocycles. The highest BCUT2D eigenvalue weighted by atomic mass is 16.5. The first kappa shape index (κ1) is 14.0. The fraction of sp³-hybridized carbons (Fsp3) is 0.385. The van der Waals surface area contributed by atoms with E-state index in [4.69, 9.17) is 0 Å². The molecule has 1 amide bonds. The van der Waals surface area contributed by atoms with Gasteiger partial charge in [-0.2, -0.15) is 15.4 Å². The highest BCUT2D eigenvalue weighted by Crippen LogP contribution is 2.13. The molecule has 0 spiro atoms. The second-order valence-corrected chi connectivity index (χ2v) is 4.64. The van der Waals surface area contributed by atoms with E-state index in [1.165, 1.54) is 12.0 Å². The molecule has 1 aromatic heterocycles. The molecule has 1 N–H and O–H groups in total. The van der Waals surface area contributed by atoms with Gasteiger partial charge in [0.25, 0.3) is 5.91 Å². The number of nitrogens with zero attached hydrogens (tertiary/aromatic N) is 3. The third-order valence-corrected chi connectivity index (χ3v) is 3.06. The van der Waals surface area contributed by atoms with Gasteiger partial charge in [-0.3, -0.25) is 9.59 Å². The number of nitrogens with one attached hydrogen (secondary N) is 1. The van der Waals surface area contributed by atoms with Crippen LogP contribution in [-0.4, -0.2) is 52.9 Å². The van der Waals surface area contributed by atoms with E-state index in [1.54, 1.807) is 32.2 Å². The molecule has 1 unspecified atom stereocenters. The van der Waals surface area contributed by atoms with Gasteiger partial charge in [0, 0.05) is 19.2 Å². The molecule has 0 aliphatic rings. The third-order valence-electron chi connectivity index (χ3n) is 3.06. The van der Waals surface area contributed by atoms with Gasteiger partial charge in [-0.15, -0.1) is 0 Å². The fourth-order valence-electron chi connectivity index (χ4n) is 1.96. The number of esters is 1. The zero-order chi connectivity index (χ0) is 14.7. The summed E-state index contributed by atoms with van der Waals surface area (Å²) in [4.78, 5) is 25.1. The van der Waals surface area contributed by atoms with Crippen LogP contribution in [0.2, 0.25) is 0 Å². The van der Waals surface area contributed by atoms with Crippen LogP contribution in [0.5, 0.6) is 0 Å². The zero-order valence-electron chi connectivity index (χ0n) is 11.6. The first-order chi connectivity index (χ1) is 9.52. The van der Waals surface area contributed by atoms with Crippen LogP contribution in [0.4, 0.5) is 0 Å². The van der Waals surface area contributed by atoms with Crippen molar-refractivity contribution < 1.29 is 14.3 Å². The number of ether oxygens (including phenoxy) is 1. The number of carbonyl (C=O) groups excluding carboxylic acids is 2. The van der Waals surface area contributed by atoms with Crippen molar-refractivity contribution in [3.8, 4) is 0 Å². The lowest BCUT2D eigenvalue weighted by molar-refractivity contribution is -0.145. The van der Waals surface area contributed by atoms with Gasteiger partial charge in [-0.05, 0) is 18.2 Å². The zero-order valence-corrected chi connectivity index (χ0v) is 11.6. The molecule has 0 fully saturated rings. The van der Waals surface area contributed by atoms with E-state index in [-0.39, 0.29) is 17.8 Å². The van der Waals surface area contributed by atoms with Crippen LogP contribution >= 0.6 is 0 Å². The lowest BCUT2D eigenvalue weighted by atomic mass is 10.1. The Morgan fingerprint density at radius 2 is 2.05 bits per heavy atom. The van der Waals surface area contributed by atoms with Crippen molar-refractivity contribution in [3.05, 3.63) is 23.8 Å². The second-order valence-electron chi connectivity index (χ2n) is 4.64. The van der Waals surface area contributed by atoms with Crippen molar-refractivity contribution in [2.24, 2.45) is 5.92 Å². The predicted molar refractivity (Wildman–Crippen MR) is 72.0 cm³/mol. The first-order valence-corrected chi connectivity index (χ1v) is 6.16. The van der Waals surface area contributed by atoms with Crippen molar-refractivity contribution in [2.45, 2.75) is 6.92 Å². The average Bonchev–Trinajstić information content (AvgIpc) is 2.92. The van der Waals surface area contributed by atoms with Gasteiger partial charge in [-0.1, -0.05) is 6.92 Å². The summed E-state index contributed by atoms with van der Waals surface area (Å²) in [6, 6.07) is 5.08. The molecule has 0 aliphatic heterocycles. The SMILES string of the molecule is COC(=O)C(C)CN(C)C(=O)c1ccc2n[nH]nc2c1. The largest absolute Gasteiger partial charge is 0.469 e. The van der Waals surface area contributed by atoms with Crippen LogP contribution in [-0.2, 0) is 9.53 Å². The minimum atomic E-state index is -0.371. The standard InChI is InChI=1S/C13H16N4O3/c1-8(13(19)20-3)7-17(2)12(18)9-4-5-10-11(6-9)15-16-14-10/h4-6,8H,7H2,1-3H3,(H,14,15,16). The molecule has 0 aliphatic carbocycles. The van der Waals surface area contributed by atoms with Gasteiger partial charge in [0.15, 0.2) is 0 Å². The van der Waals surface area contributed by atoms with Gasteiger partial charge in [-0.25, -0.2) is 0 Å². The Balaban J connectivity index is 2.11. The van der Waals surface area contributed by atoms with Gasteiger partial charge in [0.1, 0.15) is 11.0 Å². The summed E-state index contributed by atoms with van der Waals surface area (Å²) in [5.74, 6) is -0.882. The molecule has 7 nitrogen and oxygen atoms in total. The molecule has 2 aromatic rings. The molecule has 106 valence electrons. The summed E-state index contributed by atoms with van der Waals surface area (Å²) in [5.41, 5.74) is 1.84. The number of fused-ring (bicyclic) bond motifs is 1. The van der Waals surface area contributed by atoms with E-state index in [2.05, 4.69) is 20.1 Å². The molecule has 2 rings (SSSR count). The van der Waals surface area contributed by atoms with Crippen LogP contribution in [0, 0.1) is 5.92 Å². The van der Waals surface area contributed by atoms with E-state index >= 15 is 0 Å². The minimum absolute atomic E-state index is 0.175. The van der Waals surface area contributed by atoms with Gasteiger partial charge < -0.3 is 9.64 Å². The Kier molecular flexibility index (Phi) is 3.97. The molecule has 20 heavy (non-hydrogen) atoms. The number of hydrogen-bond donors (Lipinski definition) is 1. The summed E-state index contributed by atoms with van der Waals surface area (Å²) >= 11 is 0. The fourth-order valence-corrected chi connectivity index (χ4v) is 1.96. The van der Waals surface area contributed by atoms with Crippen LogP contribution in [0.25, 0.3) is 11.0 Å². The summed E-state index contributed by atoms with van der Waals surface area (Å²) in [6.45, 7) is 2.01. The highest BCUT2D eigenvalue weighted by molar-refractivity contribution is 5.97. The number of amides is 1. The van der Waals surface area contributed by atoms with Crippen LogP contribution in [0.3, 0.4) is 0 Å². The topological polar surface area (TPSA) is 88.2 Å². The molecule has 7 heteroatoms. The molecule has 1 heterocycles. The maximum absolute atomic E-state index is 12.3. The van der Waals surface area contributed by atoms with Crippen molar-refractivity contribution in [1.29, 1.82) is 0 Å². The van der Waals surface area contributed by atoms with Crippen LogP contribution in [0.15, 0.2) is 18.2 Å². The number of methoxy groups -OCH3 is 1. The molecule has 0 saturated heterocycles. The van der Waals surface area contributed by atoms with Crippen LogP contribution < -0.4 is 0 Å². The molecular weight excluding hydrogens is 260 g/mol. The average molecular weight is 276 g/mol. The van der Waals surface area contributed by atoms with Crippen LogP contribution in [0.1, 0.15) is 17.3 Å². The Morgan fingerprint density at radius 1 is 1.35 bits per heavy atom. The minimum Gasteiger partial charge on any atom is -0.469 e. The Morgan fingerprint density at radius 3 is 2.75 bits per heavy atom. The molecule has 1 aromatic carbocycles. The Hall–Kier alpha value is -2.44. The third kappa shape index (κ3) is 2.76. The van der Waals surface area contributed by atoms with Gasteiger partial charge in [0.05, 0.1) is 13.0 Å². The number of rotatable bonds is 4. The highest BCUT2D eigenvalue weighted by Gasteiger charge is 2.20. The van der Waals surface area contributed by atoms with Gasteiger partial charge in [0.2, 0.25) is 0 Å². The van der Waals surface area contributed by atoms with E-state index < -0.39 is 0 Å². The number of carbonyl (C=O) groups is 2. The Labute approximate surface area is 115 Å². The van der Waals surface area contributed by atoms with Crippen molar-refractivity contribution >= 4 is 22.9 Å². The number of aromatic amines is 1. The number of H-pyrrole nitrogens is 1. The maximum atomic E-state index is 12.3.